The molecule has 0 radical (unpaired) electrons. The topological polar surface area (TPSA) is 72.9 Å². The summed E-state index contributed by atoms with van der Waals surface area (Å²) in [5.74, 6) is -0.290. The van der Waals surface area contributed by atoms with Gasteiger partial charge >= 0.3 is 5.97 Å². The highest BCUT2D eigenvalue weighted by Crippen LogP contribution is 2.26. The molecule has 2 amide bonds. The van der Waals surface area contributed by atoms with E-state index in [2.05, 4.69) is 0 Å². The second kappa shape index (κ2) is 9.96. The molecule has 0 fully saturated rings. The van der Waals surface area contributed by atoms with Gasteiger partial charge < -0.3 is 9.47 Å². The fourth-order valence-corrected chi connectivity index (χ4v) is 3.67. The standard InChI is InChI=1S/C27H23NO5/c1-32-27(31)22-11-9-19(10-12-22)17-20(18-28-25(29)13-14-26(28)30)15-16-33-24-8-4-6-21-5-2-3-7-23(21)24/h2-14,17H,15-16,18H2,1H3. The minimum atomic E-state index is -0.409. The van der Waals surface area contributed by atoms with Gasteiger partial charge in [-0.05, 0) is 34.7 Å². The Hall–Kier alpha value is -4.19. The van der Waals surface area contributed by atoms with Crippen LogP contribution in [0.5, 0.6) is 5.75 Å². The molecule has 6 nitrogen and oxygen atoms in total. The van der Waals surface area contributed by atoms with Crippen LogP contribution in [-0.4, -0.2) is 42.9 Å². The quantitative estimate of drug-likeness (QED) is 0.383. The van der Waals surface area contributed by atoms with E-state index in [4.69, 9.17) is 9.47 Å². The van der Waals surface area contributed by atoms with E-state index in [1.54, 1.807) is 24.3 Å². The zero-order valence-corrected chi connectivity index (χ0v) is 18.2. The summed E-state index contributed by atoms with van der Waals surface area (Å²) in [7, 11) is 1.34. The number of hydrogen-bond acceptors (Lipinski definition) is 5. The molecule has 3 aromatic rings. The van der Waals surface area contributed by atoms with E-state index >= 15 is 0 Å². The van der Waals surface area contributed by atoms with E-state index in [0.29, 0.717) is 18.6 Å². The van der Waals surface area contributed by atoms with Crippen molar-refractivity contribution in [2.24, 2.45) is 0 Å². The first-order chi connectivity index (χ1) is 16.0. The Kier molecular flexibility index (Phi) is 6.64. The summed E-state index contributed by atoms with van der Waals surface area (Å²) < 4.78 is 10.8. The monoisotopic (exact) mass is 441 g/mol. The van der Waals surface area contributed by atoms with Gasteiger partial charge in [-0.15, -0.1) is 0 Å². The van der Waals surface area contributed by atoms with Crippen LogP contribution in [0, 0.1) is 0 Å². The molecule has 0 saturated heterocycles. The molecule has 33 heavy (non-hydrogen) atoms. The van der Waals surface area contributed by atoms with E-state index in [9.17, 15) is 14.4 Å². The minimum Gasteiger partial charge on any atom is -0.493 e. The average Bonchev–Trinajstić information content (AvgIpc) is 3.16. The number of benzene rings is 3. The Bertz CT molecular complexity index is 1230. The number of rotatable bonds is 8. The van der Waals surface area contributed by atoms with Crippen LogP contribution in [0.4, 0.5) is 0 Å². The van der Waals surface area contributed by atoms with Gasteiger partial charge in [-0.25, -0.2) is 4.79 Å². The van der Waals surface area contributed by atoms with Gasteiger partial charge in [0.05, 0.1) is 25.8 Å². The van der Waals surface area contributed by atoms with Crippen molar-refractivity contribution in [3.8, 4) is 5.75 Å². The van der Waals surface area contributed by atoms with Crippen molar-refractivity contribution in [2.45, 2.75) is 6.42 Å². The number of ether oxygens (including phenoxy) is 2. The summed E-state index contributed by atoms with van der Waals surface area (Å²) >= 11 is 0. The smallest absolute Gasteiger partial charge is 0.337 e. The average molecular weight is 441 g/mol. The predicted octanol–water partition coefficient (Wildman–Crippen LogP) is 4.40. The lowest BCUT2D eigenvalue weighted by molar-refractivity contribution is -0.136. The lowest BCUT2D eigenvalue weighted by Gasteiger charge is -2.17. The van der Waals surface area contributed by atoms with E-state index in [1.807, 2.05) is 48.5 Å². The molecule has 3 aromatic carbocycles. The number of methoxy groups -OCH3 is 1. The third-order valence-corrected chi connectivity index (χ3v) is 5.39. The van der Waals surface area contributed by atoms with Gasteiger partial charge in [-0.2, -0.15) is 0 Å². The molecule has 166 valence electrons. The maximum Gasteiger partial charge on any atom is 0.337 e. The van der Waals surface area contributed by atoms with Crippen LogP contribution in [-0.2, 0) is 14.3 Å². The molecule has 0 N–H and O–H groups in total. The molecule has 1 aliphatic heterocycles. The first-order valence-electron chi connectivity index (χ1n) is 10.6. The summed E-state index contributed by atoms with van der Waals surface area (Å²) in [5.41, 5.74) is 2.14. The highest BCUT2D eigenvalue weighted by Gasteiger charge is 2.24. The Morgan fingerprint density at radius 1 is 0.909 bits per heavy atom. The zero-order chi connectivity index (χ0) is 23.2. The largest absolute Gasteiger partial charge is 0.493 e. The van der Waals surface area contributed by atoms with Crippen LogP contribution >= 0.6 is 0 Å². The molecule has 0 aliphatic carbocycles. The number of carbonyl (C=O) groups excluding carboxylic acids is 3. The van der Waals surface area contributed by atoms with Crippen LogP contribution < -0.4 is 4.74 Å². The van der Waals surface area contributed by atoms with E-state index in [1.165, 1.54) is 24.2 Å². The number of carbonyl (C=O) groups is 3. The molecular weight excluding hydrogens is 418 g/mol. The highest BCUT2D eigenvalue weighted by molar-refractivity contribution is 6.13. The van der Waals surface area contributed by atoms with Gasteiger partial charge in [0.15, 0.2) is 0 Å². The second-order valence-corrected chi connectivity index (χ2v) is 7.59. The van der Waals surface area contributed by atoms with Crippen molar-refractivity contribution in [3.05, 3.63) is 95.6 Å². The summed E-state index contributed by atoms with van der Waals surface area (Å²) in [4.78, 5) is 37.0. The van der Waals surface area contributed by atoms with Crippen LogP contribution in [0.25, 0.3) is 16.8 Å². The number of imide groups is 1. The molecular formula is C27H23NO5. The maximum atomic E-state index is 12.1. The molecule has 0 saturated carbocycles. The lowest BCUT2D eigenvalue weighted by Crippen LogP contribution is -2.32. The van der Waals surface area contributed by atoms with Crippen molar-refractivity contribution in [2.75, 3.05) is 20.3 Å². The third-order valence-electron chi connectivity index (χ3n) is 5.39. The number of amides is 2. The van der Waals surface area contributed by atoms with E-state index in [0.717, 1.165) is 27.7 Å². The van der Waals surface area contributed by atoms with Gasteiger partial charge in [0.2, 0.25) is 0 Å². The molecule has 1 aliphatic rings. The normalized spacial score (nSPS) is 13.6. The SMILES string of the molecule is COC(=O)c1ccc(C=C(CCOc2cccc3ccccc23)CN2C(=O)C=CC2=O)cc1. The molecule has 6 heteroatoms. The van der Waals surface area contributed by atoms with Crippen molar-refractivity contribution in [1.82, 2.24) is 4.90 Å². The van der Waals surface area contributed by atoms with E-state index in [-0.39, 0.29) is 18.4 Å². The first kappa shape index (κ1) is 22.0. The number of nitrogens with zero attached hydrogens (tertiary/aromatic N) is 1. The minimum absolute atomic E-state index is 0.169. The summed E-state index contributed by atoms with van der Waals surface area (Å²) in [5, 5.41) is 2.12. The first-order valence-corrected chi connectivity index (χ1v) is 10.6. The van der Waals surface area contributed by atoms with Crippen LogP contribution in [0.3, 0.4) is 0 Å². The van der Waals surface area contributed by atoms with Crippen LogP contribution in [0.15, 0.2) is 84.5 Å². The number of hydrogen-bond donors (Lipinski definition) is 0. The highest BCUT2D eigenvalue weighted by atomic mass is 16.5. The number of fused-ring (bicyclic) bond motifs is 1. The van der Waals surface area contributed by atoms with Crippen LogP contribution in [0.1, 0.15) is 22.3 Å². The van der Waals surface area contributed by atoms with E-state index < -0.39 is 5.97 Å². The third kappa shape index (κ3) is 5.18. The summed E-state index contributed by atoms with van der Waals surface area (Å²) in [6, 6.07) is 20.8. The fourth-order valence-electron chi connectivity index (χ4n) is 3.67. The van der Waals surface area contributed by atoms with Gasteiger partial charge in [0.1, 0.15) is 5.75 Å². The molecule has 0 atom stereocenters. The van der Waals surface area contributed by atoms with Gasteiger partial charge in [0, 0.05) is 24.0 Å². The lowest BCUT2D eigenvalue weighted by atomic mass is 10.1. The predicted molar refractivity (Wildman–Crippen MR) is 126 cm³/mol. The second-order valence-electron chi connectivity index (χ2n) is 7.59. The van der Waals surface area contributed by atoms with Crippen LogP contribution in [0.2, 0.25) is 0 Å². The van der Waals surface area contributed by atoms with Crippen molar-refractivity contribution in [1.29, 1.82) is 0 Å². The molecule has 0 aromatic heterocycles. The molecule has 0 spiro atoms. The molecule has 0 unspecified atom stereocenters. The Morgan fingerprint density at radius 3 is 2.33 bits per heavy atom. The molecule has 4 rings (SSSR count). The van der Waals surface area contributed by atoms with Gasteiger partial charge in [-0.3, -0.25) is 14.5 Å². The maximum absolute atomic E-state index is 12.1. The fraction of sp³-hybridized carbons (Fsp3) is 0.148. The Labute approximate surface area is 191 Å². The van der Waals surface area contributed by atoms with Gasteiger partial charge in [-0.1, -0.05) is 54.6 Å². The summed E-state index contributed by atoms with van der Waals surface area (Å²) in [6.45, 7) is 0.548. The zero-order valence-electron chi connectivity index (χ0n) is 18.2. The Morgan fingerprint density at radius 2 is 1.61 bits per heavy atom. The van der Waals surface area contributed by atoms with Gasteiger partial charge in [0.25, 0.3) is 11.8 Å². The summed E-state index contributed by atoms with van der Waals surface area (Å²) in [6.07, 6.45) is 4.97. The molecule has 0 bridgehead atoms. The Balaban J connectivity index is 1.52. The molecule has 1 heterocycles. The number of esters is 1. The van der Waals surface area contributed by atoms with Crippen molar-refractivity contribution >= 4 is 34.6 Å². The van der Waals surface area contributed by atoms with Crippen molar-refractivity contribution < 1.29 is 23.9 Å². The van der Waals surface area contributed by atoms with Crippen molar-refractivity contribution in [3.63, 3.8) is 0 Å².